The summed E-state index contributed by atoms with van der Waals surface area (Å²) in [4.78, 5) is 11.2. The van der Waals surface area contributed by atoms with Crippen LogP contribution in [0.3, 0.4) is 0 Å². The number of nitrogen functional groups attached to an aromatic ring is 1. The molecule has 0 aliphatic rings. The summed E-state index contributed by atoms with van der Waals surface area (Å²) in [5.41, 5.74) is 10.8. The van der Waals surface area contributed by atoms with Gasteiger partial charge in [0.2, 0.25) is 0 Å². The maximum Gasteiger partial charge on any atom is 0.261 e. The number of hydrogen-bond acceptors (Lipinski definition) is 6. The molecule has 1 aromatic rings. The summed E-state index contributed by atoms with van der Waals surface area (Å²) in [7, 11) is -3.52. The molecule has 0 spiro atoms. The van der Waals surface area contributed by atoms with Crippen molar-refractivity contribution in [1.82, 2.24) is 0 Å². The van der Waals surface area contributed by atoms with Gasteiger partial charge < -0.3 is 16.8 Å². The van der Waals surface area contributed by atoms with Crippen molar-refractivity contribution in [3.05, 3.63) is 17.5 Å². The van der Waals surface area contributed by atoms with E-state index < -0.39 is 15.7 Å². The number of sulfone groups is 1. The Kier molecular flexibility index (Phi) is 4.36. The number of anilines is 2. The van der Waals surface area contributed by atoms with E-state index in [4.69, 9.17) is 11.5 Å². The van der Waals surface area contributed by atoms with Gasteiger partial charge in [-0.1, -0.05) is 13.0 Å². The van der Waals surface area contributed by atoms with Crippen molar-refractivity contribution in [1.29, 1.82) is 0 Å². The van der Waals surface area contributed by atoms with E-state index in [0.29, 0.717) is 11.5 Å². The van der Waals surface area contributed by atoms with E-state index in [9.17, 15) is 13.2 Å². The summed E-state index contributed by atoms with van der Waals surface area (Å²) < 4.78 is 23.9. The molecule has 18 heavy (non-hydrogen) atoms. The maximum atomic E-state index is 12.0. The highest BCUT2D eigenvalue weighted by Gasteiger charge is 2.27. The van der Waals surface area contributed by atoms with E-state index in [1.165, 1.54) is 6.92 Å². The molecule has 1 rings (SSSR count). The quantitative estimate of drug-likeness (QED) is 0.671. The molecular formula is C10H15N3O3S2. The minimum atomic E-state index is -3.52. The van der Waals surface area contributed by atoms with Crippen LogP contribution in [-0.4, -0.2) is 26.6 Å². The van der Waals surface area contributed by atoms with E-state index in [0.717, 1.165) is 11.3 Å². The summed E-state index contributed by atoms with van der Waals surface area (Å²) in [6.45, 7) is 5.39. The molecule has 6 nitrogen and oxygen atoms in total. The SMILES string of the molecule is C=CCNc1sc(C(N)=O)c(N)c1S(=O)(=O)CC. The molecule has 0 saturated heterocycles. The summed E-state index contributed by atoms with van der Waals surface area (Å²) in [6, 6.07) is 0. The Morgan fingerprint density at radius 2 is 2.17 bits per heavy atom. The largest absolute Gasteiger partial charge is 0.396 e. The fourth-order valence-corrected chi connectivity index (χ4v) is 3.87. The first-order chi connectivity index (χ1) is 8.35. The first-order valence-corrected chi connectivity index (χ1v) is 7.61. The van der Waals surface area contributed by atoms with Gasteiger partial charge in [0.25, 0.3) is 5.91 Å². The molecule has 1 heterocycles. The molecule has 1 aromatic heterocycles. The number of carbonyl (C=O) groups excluding carboxylic acids is 1. The normalized spacial score (nSPS) is 11.2. The topological polar surface area (TPSA) is 115 Å². The second kappa shape index (κ2) is 5.40. The van der Waals surface area contributed by atoms with Crippen molar-refractivity contribution in [2.24, 2.45) is 5.73 Å². The highest BCUT2D eigenvalue weighted by molar-refractivity contribution is 7.91. The van der Waals surface area contributed by atoms with Crippen LogP contribution in [0.1, 0.15) is 16.6 Å². The zero-order valence-corrected chi connectivity index (χ0v) is 11.5. The van der Waals surface area contributed by atoms with Crippen LogP contribution >= 0.6 is 11.3 Å². The van der Waals surface area contributed by atoms with E-state index in [1.54, 1.807) is 6.08 Å². The number of primary amides is 1. The molecule has 0 atom stereocenters. The Balaban J connectivity index is 3.45. The first kappa shape index (κ1) is 14.5. The average molecular weight is 289 g/mol. The van der Waals surface area contributed by atoms with Gasteiger partial charge in [0, 0.05) is 6.54 Å². The van der Waals surface area contributed by atoms with Crippen LogP contribution in [0, 0.1) is 0 Å². The Bertz CT molecular complexity index is 575. The third kappa shape index (κ3) is 2.65. The summed E-state index contributed by atoms with van der Waals surface area (Å²) in [5.74, 6) is -0.841. The number of rotatable bonds is 6. The minimum Gasteiger partial charge on any atom is -0.396 e. The van der Waals surface area contributed by atoms with Crippen molar-refractivity contribution in [2.45, 2.75) is 11.8 Å². The van der Waals surface area contributed by atoms with Crippen LogP contribution in [0.4, 0.5) is 10.7 Å². The standard InChI is InChI=1S/C10H15N3O3S2/c1-3-5-13-10-8(18(15,16)4-2)6(11)7(17-10)9(12)14/h3,13H,1,4-5,11H2,2H3,(H2,12,14). The van der Waals surface area contributed by atoms with E-state index in [2.05, 4.69) is 11.9 Å². The highest BCUT2D eigenvalue weighted by atomic mass is 32.2. The van der Waals surface area contributed by atoms with Crippen LogP contribution in [0.2, 0.25) is 0 Å². The first-order valence-electron chi connectivity index (χ1n) is 5.14. The fourth-order valence-electron chi connectivity index (χ4n) is 1.35. The summed E-state index contributed by atoms with van der Waals surface area (Å²) in [5, 5.41) is 3.18. The molecule has 0 fully saturated rings. The predicted octanol–water partition coefficient (Wildman–Crippen LogP) is 0.821. The summed E-state index contributed by atoms with van der Waals surface area (Å²) in [6.07, 6.45) is 1.57. The molecule has 0 saturated carbocycles. The second-order valence-corrected chi connectivity index (χ2v) is 6.68. The number of thiophene rings is 1. The van der Waals surface area contributed by atoms with Gasteiger partial charge in [-0.25, -0.2) is 8.42 Å². The van der Waals surface area contributed by atoms with Gasteiger partial charge in [0.1, 0.15) is 14.8 Å². The van der Waals surface area contributed by atoms with Crippen molar-refractivity contribution >= 4 is 37.8 Å². The maximum absolute atomic E-state index is 12.0. The number of carbonyl (C=O) groups is 1. The Morgan fingerprint density at radius 3 is 2.61 bits per heavy atom. The molecule has 8 heteroatoms. The zero-order valence-electron chi connectivity index (χ0n) is 9.89. The Hall–Kier alpha value is -1.54. The molecule has 0 aliphatic heterocycles. The summed E-state index contributed by atoms with van der Waals surface area (Å²) >= 11 is 0.939. The molecule has 0 aromatic carbocycles. The van der Waals surface area contributed by atoms with Gasteiger partial charge in [-0.05, 0) is 0 Å². The lowest BCUT2D eigenvalue weighted by atomic mass is 10.4. The van der Waals surface area contributed by atoms with Crippen molar-refractivity contribution < 1.29 is 13.2 Å². The monoisotopic (exact) mass is 289 g/mol. The molecule has 100 valence electrons. The fraction of sp³-hybridized carbons (Fsp3) is 0.300. The molecular weight excluding hydrogens is 274 g/mol. The number of amides is 1. The lowest BCUT2D eigenvalue weighted by Gasteiger charge is -2.05. The zero-order chi connectivity index (χ0) is 13.9. The second-order valence-electron chi connectivity index (χ2n) is 3.44. The molecule has 0 aliphatic carbocycles. The molecule has 5 N–H and O–H groups in total. The van der Waals surface area contributed by atoms with E-state index in [-0.39, 0.29) is 21.2 Å². The van der Waals surface area contributed by atoms with Crippen LogP contribution in [0.25, 0.3) is 0 Å². The van der Waals surface area contributed by atoms with Crippen LogP contribution in [-0.2, 0) is 9.84 Å². The lowest BCUT2D eigenvalue weighted by molar-refractivity contribution is 0.100. The van der Waals surface area contributed by atoms with Gasteiger partial charge in [0.05, 0.1) is 11.4 Å². The van der Waals surface area contributed by atoms with Crippen LogP contribution < -0.4 is 16.8 Å². The van der Waals surface area contributed by atoms with Gasteiger partial charge in [-0.2, -0.15) is 0 Å². The molecule has 1 amide bonds. The Morgan fingerprint density at radius 1 is 1.56 bits per heavy atom. The number of nitrogens with one attached hydrogen (secondary N) is 1. The van der Waals surface area contributed by atoms with Gasteiger partial charge in [0.15, 0.2) is 9.84 Å². The van der Waals surface area contributed by atoms with Gasteiger partial charge in [-0.3, -0.25) is 4.79 Å². The van der Waals surface area contributed by atoms with Crippen LogP contribution in [0.15, 0.2) is 17.6 Å². The number of nitrogens with two attached hydrogens (primary N) is 2. The number of hydrogen-bond donors (Lipinski definition) is 3. The minimum absolute atomic E-state index is 0.0496. The van der Waals surface area contributed by atoms with E-state index >= 15 is 0 Å². The van der Waals surface area contributed by atoms with Crippen LogP contribution in [0.5, 0.6) is 0 Å². The average Bonchev–Trinajstić information content (AvgIpc) is 2.64. The molecule has 0 bridgehead atoms. The van der Waals surface area contributed by atoms with Gasteiger partial charge >= 0.3 is 0 Å². The smallest absolute Gasteiger partial charge is 0.261 e. The third-order valence-electron chi connectivity index (χ3n) is 2.22. The van der Waals surface area contributed by atoms with Crippen molar-refractivity contribution in [3.63, 3.8) is 0 Å². The predicted molar refractivity (Wildman–Crippen MR) is 73.7 cm³/mol. The highest BCUT2D eigenvalue weighted by Crippen LogP contribution is 2.39. The van der Waals surface area contributed by atoms with Crippen molar-refractivity contribution in [3.8, 4) is 0 Å². The lowest BCUT2D eigenvalue weighted by Crippen LogP contribution is -2.13. The molecule has 0 radical (unpaired) electrons. The van der Waals surface area contributed by atoms with E-state index in [1.807, 2.05) is 0 Å². The Labute approximate surface area is 110 Å². The molecule has 0 unspecified atom stereocenters. The van der Waals surface area contributed by atoms with Gasteiger partial charge in [-0.15, -0.1) is 17.9 Å². The van der Waals surface area contributed by atoms with Crippen molar-refractivity contribution in [2.75, 3.05) is 23.3 Å². The third-order valence-corrected chi connectivity index (χ3v) is 5.33.